The van der Waals surface area contributed by atoms with Crippen LogP contribution in [0.3, 0.4) is 0 Å². The number of likely N-dealkylation sites (N-methyl/N-ethyl adjacent to an activating group) is 1. The minimum Gasteiger partial charge on any atom is -0.354 e. The number of thiazole rings is 1. The molecule has 1 N–H and O–H groups in total. The standard InChI is InChI=1S/C20H29N5OS/c1-5-24-8-10-25(11-9-24)17-7-6-16(12-21-17)13-22-19(26)18-15(4)23-20(27-18)14(2)3/h6-7,12,14H,5,8-11,13H2,1-4H3,(H,22,26). The van der Waals surface area contributed by atoms with E-state index < -0.39 is 0 Å². The Morgan fingerprint density at radius 3 is 2.56 bits per heavy atom. The fraction of sp³-hybridized carbons (Fsp3) is 0.550. The summed E-state index contributed by atoms with van der Waals surface area (Å²) >= 11 is 1.48. The monoisotopic (exact) mass is 387 g/mol. The molecule has 0 saturated carbocycles. The zero-order chi connectivity index (χ0) is 19.4. The van der Waals surface area contributed by atoms with Gasteiger partial charge in [0, 0.05) is 44.8 Å². The van der Waals surface area contributed by atoms with Gasteiger partial charge in [0.1, 0.15) is 10.7 Å². The lowest BCUT2D eigenvalue weighted by Gasteiger charge is -2.34. The number of carbonyl (C=O) groups is 1. The first-order valence-electron chi connectivity index (χ1n) is 9.65. The third-order valence-corrected chi connectivity index (χ3v) is 6.38. The molecule has 0 spiro atoms. The lowest BCUT2D eigenvalue weighted by Crippen LogP contribution is -2.46. The van der Waals surface area contributed by atoms with Crippen molar-refractivity contribution >= 4 is 23.1 Å². The van der Waals surface area contributed by atoms with Crippen LogP contribution >= 0.6 is 11.3 Å². The minimum absolute atomic E-state index is 0.0586. The van der Waals surface area contributed by atoms with E-state index >= 15 is 0 Å². The van der Waals surface area contributed by atoms with Gasteiger partial charge in [-0.1, -0.05) is 26.8 Å². The van der Waals surface area contributed by atoms with Crippen LogP contribution in [-0.2, 0) is 6.54 Å². The number of hydrogen-bond donors (Lipinski definition) is 1. The second kappa shape index (κ2) is 8.80. The summed E-state index contributed by atoms with van der Waals surface area (Å²) in [6.45, 7) is 14.1. The van der Waals surface area contributed by atoms with E-state index in [1.54, 1.807) is 0 Å². The fourth-order valence-electron chi connectivity index (χ4n) is 3.14. The predicted molar refractivity (Wildman–Crippen MR) is 111 cm³/mol. The highest BCUT2D eigenvalue weighted by Crippen LogP contribution is 2.24. The maximum absolute atomic E-state index is 12.5. The van der Waals surface area contributed by atoms with Crippen LogP contribution in [-0.4, -0.2) is 53.5 Å². The molecular formula is C20H29N5OS. The van der Waals surface area contributed by atoms with Gasteiger partial charge in [0.15, 0.2) is 0 Å². The Kier molecular flexibility index (Phi) is 6.44. The van der Waals surface area contributed by atoms with Crippen molar-refractivity contribution in [3.63, 3.8) is 0 Å². The van der Waals surface area contributed by atoms with Gasteiger partial charge in [-0.05, 0) is 25.1 Å². The average Bonchev–Trinajstić information content (AvgIpc) is 3.09. The van der Waals surface area contributed by atoms with E-state index in [9.17, 15) is 4.79 Å². The summed E-state index contributed by atoms with van der Waals surface area (Å²) in [5, 5.41) is 4.00. The van der Waals surface area contributed by atoms with Crippen LogP contribution in [0.15, 0.2) is 18.3 Å². The highest BCUT2D eigenvalue weighted by Gasteiger charge is 2.18. The second-order valence-corrected chi connectivity index (χ2v) is 8.28. The number of aromatic nitrogens is 2. The molecule has 0 atom stereocenters. The summed E-state index contributed by atoms with van der Waals surface area (Å²) in [7, 11) is 0. The van der Waals surface area contributed by atoms with Gasteiger partial charge in [-0.15, -0.1) is 11.3 Å². The van der Waals surface area contributed by atoms with E-state index in [1.807, 2.05) is 19.2 Å². The molecule has 0 bridgehead atoms. The van der Waals surface area contributed by atoms with Gasteiger partial charge in [0.05, 0.1) is 10.7 Å². The van der Waals surface area contributed by atoms with Gasteiger partial charge in [-0.3, -0.25) is 4.79 Å². The number of nitrogens with one attached hydrogen (secondary N) is 1. The molecule has 1 fully saturated rings. The summed E-state index contributed by atoms with van der Waals surface area (Å²) in [6.07, 6.45) is 1.86. The van der Waals surface area contributed by atoms with Gasteiger partial charge in [-0.25, -0.2) is 9.97 Å². The summed E-state index contributed by atoms with van der Waals surface area (Å²) in [4.78, 5) is 27.0. The molecule has 1 aliphatic rings. The fourth-order valence-corrected chi connectivity index (χ4v) is 4.12. The Morgan fingerprint density at radius 1 is 1.26 bits per heavy atom. The number of rotatable bonds is 6. The van der Waals surface area contributed by atoms with Gasteiger partial charge < -0.3 is 15.1 Å². The Balaban J connectivity index is 1.55. The van der Waals surface area contributed by atoms with E-state index in [2.05, 4.69) is 51.9 Å². The van der Waals surface area contributed by atoms with Crippen molar-refractivity contribution < 1.29 is 4.79 Å². The largest absolute Gasteiger partial charge is 0.354 e. The predicted octanol–water partition coefficient (Wildman–Crippen LogP) is 3.04. The molecule has 0 aromatic carbocycles. The normalized spacial score (nSPS) is 15.4. The number of amides is 1. The second-order valence-electron chi connectivity index (χ2n) is 7.25. The molecule has 1 aliphatic heterocycles. The molecule has 6 nitrogen and oxygen atoms in total. The maximum Gasteiger partial charge on any atom is 0.263 e. The Morgan fingerprint density at radius 2 is 2.00 bits per heavy atom. The number of nitrogens with zero attached hydrogens (tertiary/aromatic N) is 4. The Bertz CT molecular complexity index is 763. The molecule has 1 saturated heterocycles. The zero-order valence-electron chi connectivity index (χ0n) is 16.7. The van der Waals surface area contributed by atoms with E-state index in [4.69, 9.17) is 0 Å². The molecule has 2 aromatic rings. The van der Waals surface area contributed by atoms with Crippen molar-refractivity contribution in [2.45, 2.75) is 40.2 Å². The molecule has 27 heavy (non-hydrogen) atoms. The molecule has 146 valence electrons. The number of aryl methyl sites for hydroxylation is 1. The number of anilines is 1. The topological polar surface area (TPSA) is 61.4 Å². The molecule has 0 radical (unpaired) electrons. The van der Waals surface area contributed by atoms with Crippen LogP contribution in [0.1, 0.15) is 52.6 Å². The first-order chi connectivity index (χ1) is 13.0. The molecule has 0 aliphatic carbocycles. The third-order valence-electron chi connectivity index (χ3n) is 4.92. The van der Waals surface area contributed by atoms with Crippen molar-refractivity contribution in [3.8, 4) is 0 Å². The van der Waals surface area contributed by atoms with E-state index in [1.165, 1.54) is 11.3 Å². The van der Waals surface area contributed by atoms with Crippen LogP contribution in [0.2, 0.25) is 0 Å². The first kappa shape index (κ1) is 19.8. The molecule has 0 unspecified atom stereocenters. The summed E-state index contributed by atoms with van der Waals surface area (Å²) in [5.41, 5.74) is 1.81. The molecule has 3 heterocycles. The third kappa shape index (κ3) is 4.84. The van der Waals surface area contributed by atoms with Crippen molar-refractivity contribution in [1.29, 1.82) is 0 Å². The lowest BCUT2D eigenvalue weighted by molar-refractivity contribution is 0.0954. The Labute approximate surface area is 165 Å². The van der Waals surface area contributed by atoms with Crippen LogP contribution < -0.4 is 10.2 Å². The van der Waals surface area contributed by atoms with Gasteiger partial charge >= 0.3 is 0 Å². The smallest absolute Gasteiger partial charge is 0.263 e. The van der Waals surface area contributed by atoms with Crippen molar-refractivity contribution in [2.75, 3.05) is 37.6 Å². The van der Waals surface area contributed by atoms with E-state index in [0.717, 1.165) is 54.8 Å². The molecule has 1 amide bonds. The molecule has 3 rings (SSSR count). The van der Waals surface area contributed by atoms with Crippen LogP contribution in [0.5, 0.6) is 0 Å². The maximum atomic E-state index is 12.5. The summed E-state index contributed by atoms with van der Waals surface area (Å²) in [6, 6.07) is 4.10. The van der Waals surface area contributed by atoms with Crippen molar-refractivity contribution in [3.05, 3.63) is 39.5 Å². The van der Waals surface area contributed by atoms with Crippen LogP contribution in [0.25, 0.3) is 0 Å². The Hall–Kier alpha value is -1.99. The SMILES string of the molecule is CCN1CCN(c2ccc(CNC(=O)c3sc(C(C)C)nc3C)cn2)CC1. The summed E-state index contributed by atoms with van der Waals surface area (Å²) < 4.78 is 0. The van der Waals surface area contributed by atoms with E-state index in [-0.39, 0.29) is 5.91 Å². The first-order valence-corrected chi connectivity index (χ1v) is 10.5. The van der Waals surface area contributed by atoms with Crippen LogP contribution in [0, 0.1) is 6.92 Å². The highest BCUT2D eigenvalue weighted by atomic mass is 32.1. The van der Waals surface area contributed by atoms with E-state index in [0.29, 0.717) is 17.3 Å². The summed E-state index contributed by atoms with van der Waals surface area (Å²) in [5.74, 6) is 1.29. The highest BCUT2D eigenvalue weighted by molar-refractivity contribution is 7.13. The zero-order valence-corrected chi connectivity index (χ0v) is 17.5. The number of pyridine rings is 1. The van der Waals surface area contributed by atoms with Crippen molar-refractivity contribution in [1.82, 2.24) is 20.2 Å². The molecule has 7 heteroatoms. The molecular weight excluding hydrogens is 358 g/mol. The number of carbonyl (C=O) groups excluding carboxylic acids is 1. The average molecular weight is 388 g/mol. The van der Waals surface area contributed by atoms with Crippen LogP contribution in [0.4, 0.5) is 5.82 Å². The van der Waals surface area contributed by atoms with Gasteiger partial charge in [0.25, 0.3) is 5.91 Å². The van der Waals surface area contributed by atoms with Gasteiger partial charge in [0.2, 0.25) is 0 Å². The molecule has 2 aromatic heterocycles. The minimum atomic E-state index is -0.0586. The quantitative estimate of drug-likeness (QED) is 0.825. The number of piperazine rings is 1. The van der Waals surface area contributed by atoms with Crippen molar-refractivity contribution in [2.24, 2.45) is 0 Å². The lowest BCUT2D eigenvalue weighted by atomic mass is 10.2. The number of hydrogen-bond acceptors (Lipinski definition) is 6. The van der Waals surface area contributed by atoms with Gasteiger partial charge in [-0.2, -0.15) is 0 Å².